The van der Waals surface area contributed by atoms with Crippen molar-refractivity contribution in [2.75, 3.05) is 7.05 Å². The summed E-state index contributed by atoms with van der Waals surface area (Å²) in [4.78, 5) is 4.44. The van der Waals surface area contributed by atoms with Crippen LogP contribution in [0.3, 0.4) is 0 Å². The van der Waals surface area contributed by atoms with Crippen LogP contribution in [0.1, 0.15) is 75.8 Å². The van der Waals surface area contributed by atoms with Crippen LogP contribution in [-0.4, -0.2) is 17.9 Å². The zero-order valence-electron chi connectivity index (χ0n) is 19.0. The molecule has 3 heteroatoms. The second-order valence-electron chi connectivity index (χ2n) is 9.06. The average Bonchev–Trinajstić information content (AvgIpc) is 2.63. The van der Waals surface area contributed by atoms with Crippen molar-refractivity contribution in [1.82, 2.24) is 0 Å². The van der Waals surface area contributed by atoms with Crippen molar-refractivity contribution < 1.29 is 5.11 Å². The van der Waals surface area contributed by atoms with Gasteiger partial charge in [-0.25, -0.2) is 0 Å². The topological polar surface area (TPSA) is 32.6 Å². The van der Waals surface area contributed by atoms with Crippen LogP contribution in [0.5, 0.6) is 5.75 Å². The zero-order valence-corrected chi connectivity index (χ0v) is 20.0. The summed E-state index contributed by atoms with van der Waals surface area (Å²) in [7, 11) is 2.40. The summed E-state index contributed by atoms with van der Waals surface area (Å²) in [5.41, 5.74) is 6.93. The predicted octanol–water partition coefficient (Wildman–Crippen LogP) is 6.37. The number of hydrogen-bond donors (Lipinski definition) is 1. The SMILES string of the molecule is CCC(C)(Pc1c(C)cccc1/C(C)=N/C)c1cc(C(C)(C)C)cc(C)c1O. The van der Waals surface area contributed by atoms with Crippen LogP contribution >= 0.6 is 8.58 Å². The number of aliphatic imine (C=N–C) groups is 1. The van der Waals surface area contributed by atoms with E-state index in [0.29, 0.717) is 14.3 Å². The monoisotopic (exact) mass is 397 g/mol. The van der Waals surface area contributed by atoms with E-state index in [1.807, 2.05) is 14.0 Å². The Hall–Kier alpha value is -1.66. The Balaban J connectivity index is 2.67. The molecule has 1 N–H and O–H groups in total. The molecule has 0 saturated heterocycles. The molecule has 0 radical (unpaired) electrons. The first-order valence-electron chi connectivity index (χ1n) is 10.1. The van der Waals surface area contributed by atoms with Gasteiger partial charge in [-0.2, -0.15) is 0 Å². The smallest absolute Gasteiger partial charge is 0.122 e. The van der Waals surface area contributed by atoms with Crippen LogP contribution < -0.4 is 5.30 Å². The number of phenolic OH excluding ortho intramolecular Hbond substituents is 1. The number of hydrogen-bond acceptors (Lipinski definition) is 2. The molecule has 2 nitrogen and oxygen atoms in total. The molecule has 2 aromatic rings. The second-order valence-corrected chi connectivity index (χ2v) is 10.9. The fourth-order valence-corrected chi connectivity index (χ4v) is 5.24. The fourth-order valence-electron chi connectivity index (χ4n) is 3.51. The fraction of sp³-hybridized carbons (Fsp3) is 0.480. The van der Waals surface area contributed by atoms with Gasteiger partial charge in [-0.3, -0.25) is 4.99 Å². The van der Waals surface area contributed by atoms with Crippen LogP contribution in [0.2, 0.25) is 0 Å². The molecule has 2 aromatic carbocycles. The molecule has 28 heavy (non-hydrogen) atoms. The van der Waals surface area contributed by atoms with Crippen molar-refractivity contribution in [3.05, 3.63) is 58.1 Å². The summed E-state index contributed by atoms with van der Waals surface area (Å²) in [6, 6.07) is 10.8. The van der Waals surface area contributed by atoms with E-state index in [9.17, 15) is 5.11 Å². The van der Waals surface area contributed by atoms with Crippen LogP contribution in [-0.2, 0) is 10.6 Å². The number of rotatable bonds is 5. The molecule has 0 bridgehead atoms. The van der Waals surface area contributed by atoms with Gasteiger partial charge in [-0.05, 0) is 54.6 Å². The highest BCUT2D eigenvalue weighted by Crippen LogP contribution is 2.49. The van der Waals surface area contributed by atoms with Gasteiger partial charge in [0.15, 0.2) is 0 Å². The maximum atomic E-state index is 11.0. The van der Waals surface area contributed by atoms with E-state index in [1.165, 1.54) is 22.0 Å². The first kappa shape index (κ1) is 22.6. The molecule has 2 rings (SSSR count). The Morgan fingerprint density at radius 3 is 2.25 bits per heavy atom. The average molecular weight is 398 g/mol. The van der Waals surface area contributed by atoms with Gasteiger partial charge in [0.2, 0.25) is 0 Å². The Bertz CT molecular complexity index is 892. The Labute approximate surface area is 173 Å². The molecule has 0 aliphatic carbocycles. The largest absolute Gasteiger partial charge is 0.507 e. The molecule has 0 aliphatic rings. The van der Waals surface area contributed by atoms with Gasteiger partial charge in [0, 0.05) is 29.0 Å². The highest BCUT2D eigenvalue weighted by atomic mass is 31.1. The molecule has 0 saturated carbocycles. The molecular formula is C25H36NOP. The number of nitrogens with zero attached hydrogens (tertiary/aromatic N) is 1. The quantitative estimate of drug-likeness (QED) is 0.461. The molecule has 0 heterocycles. The third-order valence-electron chi connectivity index (χ3n) is 5.87. The minimum absolute atomic E-state index is 0.0459. The molecule has 0 aromatic heterocycles. The Morgan fingerprint density at radius 2 is 1.71 bits per heavy atom. The maximum Gasteiger partial charge on any atom is 0.122 e. The third-order valence-corrected chi connectivity index (χ3v) is 7.96. The van der Waals surface area contributed by atoms with E-state index >= 15 is 0 Å². The molecule has 0 fully saturated rings. The van der Waals surface area contributed by atoms with Crippen LogP contribution in [0, 0.1) is 13.8 Å². The van der Waals surface area contributed by atoms with Gasteiger partial charge in [0.05, 0.1) is 0 Å². The lowest BCUT2D eigenvalue weighted by Crippen LogP contribution is -2.24. The van der Waals surface area contributed by atoms with Crippen molar-refractivity contribution in [2.45, 2.75) is 72.4 Å². The van der Waals surface area contributed by atoms with E-state index in [4.69, 9.17) is 0 Å². The van der Waals surface area contributed by atoms with Gasteiger partial charge < -0.3 is 5.11 Å². The van der Waals surface area contributed by atoms with Gasteiger partial charge >= 0.3 is 0 Å². The number of aryl methyl sites for hydroxylation is 2. The normalized spacial score (nSPS) is 15.2. The van der Waals surface area contributed by atoms with Gasteiger partial charge in [0.25, 0.3) is 0 Å². The molecular weight excluding hydrogens is 361 g/mol. The van der Waals surface area contributed by atoms with Crippen molar-refractivity contribution in [2.24, 2.45) is 4.99 Å². The van der Waals surface area contributed by atoms with E-state index in [0.717, 1.165) is 23.3 Å². The van der Waals surface area contributed by atoms with Crippen LogP contribution in [0.15, 0.2) is 35.3 Å². The van der Waals surface area contributed by atoms with Crippen molar-refractivity contribution in [1.29, 1.82) is 0 Å². The molecule has 152 valence electrons. The summed E-state index contributed by atoms with van der Waals surface area (Å²) < 4.78 is 0. The molecule has 0 spiro atoms. The van der Waals surface area contributed by atoms with Crippen molar-refractivity contribution in [3.63, 3.8) is 0 Å². The van der Waals surface area contributed by atoms with E-state index < -0.39 is 0 Å². The van der Waals surface area contributed by atoms with E-state index in [1.54, 1.807) is 0 Å². The lowest BCUT2D eigenvalue weighted by Gasteiger charge is -2.33. The zero-order chi connectivity index (χ0) is 21.3. The van der Waals surface area contributed by atoms with Crippen molar-refractivity contribution >= 4 is 19.6 Å². The summed E-state index contributed by atoms with van der Waals surface area (Å²) in [5.74, 6) is 0.445. The summed E-state index contributed by atoms with van der Waals surface area (Å²) in [6.45, 7) is 17.5. The van der Waals surface area contributed by atoms with Gasteiger partial charge in [-0.1, -0.05) is 73.5 Å². The first-order valence-corrected chi connectivity index (χ1v) is 11.1. The lowest BCUT2D eigenvalue weighted by atomic mass is 9.82. The lowest BCUT2D eigenvalue weighted by molar-refractivity contribution is 0.450. The summed E-state index contributed by atoms with van der Waals surface area (Å²) in [6.07, 6.45) is 0.960. The maximum absolute atomic E-state index is 11.0. The van der Waals surface area contributed by atoms with Gasteiger partial charge in [0.1, 0.15) is 5.75 Å². The molecule has 2 unspecified atom stereocenters. The second kappa shape index (κ2) is 8.37. The van der Waals surface area contributed by atoms with E-state index in [2.05, 4.69) is 83.8 Å². The molecule has 2 atom stereocenters. The minimum atomic E-state index is -0.134. The van der Waals surface area contributed by atoms with Gasteiger partial charge in [-0.15, -0.1) is 0 Å². The molecule has 0 amide bonds. The number of phenols is 1. The highest BCUT2D eigenvalue weighted by Gasteiger charge is 2.32. The van der Waals surface area contributed by atoms with E-state index in [-0.39, 0.29) is 10.6 Å². The first-order chi connectivity index (χ1) is 12.9. The van der Waals surface area contributed by atoms with Crippen LogP contribution in [0.25, 0.3) is 0 Å². The minimum Gasteiger partial charge on any atom is -0.507 e. The highest BCUT2D eigenvalue weighted by molar-refractivity contribution is 7.49. The summed E-state index contributed by atoms with van der Waals surface area (Å²) >= 11 is 0. The Morgan fingerprint density at radius 1 is 1.07 bits per heavy atom. The third kappa shape index (κ3) is 4.49. The number of aromatic hydroxyl groups is 1. The van der Waals surface area contributed by atoms with Crippen LogP contribution in [0.4, 0.5) is 0 Å². The summed E-state index contributed by atoms with van der Waals surface area (Å²) in [5, 5.41) is 12.2. The predicted molar refractivity (Wildman–Crippen MR) is 126 cm³/mol. The molecule has 0 aliphatic heterocycles. The van der Waals surface area contributed by atoms with Crippen molar-refractivity contribution in [3.8, 4) is 5.75 Å². The Kier molecular flexibility index (Phi) is 6.77. The number of benzene rings is 2. The standard InChI is InChI=1S/C25H36NOP/c1-10-25(8,21-15-19(24(5,6)7)14-17(3)22(21)27)28-23-16(2)12-11-13-20(23)18(4)26-9/h11-15,27-28H,10H2,1-9H3/b26-18+.